The lowest BCUT2D eigenvalue weighted by molar-refractivity contribution is 0.0436. The van der Waals surface area contributed by atoms with Gasteiger partial charge < -0.3 is 15.4 Å². The smallest absolute Gasteiger partial charge is 0.407 e. The minimum absolute atomic E-state index is 0.274. The van der Waals surface area contributed by atoms with Gasteiger partial charge in [-0.1, -0.05) is 13.8 Å². The lowest BCUT2D eigenvalue weighted by Gasteiger charge is -2.38. The minimum atomic E-state index is -0.417. The van der Waals surface area contributed by atoms with Crippen molar-refractivity contribution in [2.75, 3.05) is 6.54 Å². The monoisotopic (exact) mass is 242 g/mol. The fourth-order valence-corrected chi connectivity index (χ4v) is 1.85. The van der Waals surface area contributed by atoms with Crippen LogP contribution in [0.4, 0.5) is 4.79 Å². The van der Waals surface area contributed by atoms with Gasteiger partial charge in [-0.05, 0) is 39.5 Å². The Kier molecular flexibility index (Phi) is 4.80. The Morgan fingerprint density at radius 3 is 2.41 bits per heavy atom. The topological polar surface area (TPSA) is 50.4 Å². The number of ether oxygens (including phenoxy) is 1. The summed E-state index contributed by atoms with van der Waals surface area (Å²) in [4.78, 5) is 11.6. The van der Waals surface area contributed by atoms with Crippen molar-refractivity contribution in [3.8, 4) is 0 Å². The summed E-state index contributed by atoms with van der Waals surface area (Å²) in [5, 5.41) is 6.35. The summed E-state index contributed by atoms with van der Waals surface area (Å²) in [6.07, 6.45) is 1.95. The van der Waals surface area contributed by atoms with Crippen LogP contribution in [-0.2, 0) is 4.74 Å². The number of rotatable bonds is 4. The van der Waals surface area contributed by atoms with E-state index < -0.39 is 5.60 Å². The molecule has 4 nitrogen and oxygen atoms in total. The van der Waals surface area contributed by atoms with Gasteiger partial charge in [-0.25, -0.2) is 4.79 Å². The first-order valence-electron chi connectivity index (χ1n) is 6.51. The number of carbonyl (C=O) groups excluding carboxylic acids is 1. The Hall–Kier alpha value is -0.770. The average Bonchev–Trinajstić information content (AvgIpc) is 2.09. The fraction of sp³-hybridized carbons (Fsp3) is 0.923. The standard InChI is InChI=1S/C13H26N2O2/c1-9(2)14-8-10-6-7-11(10)15-12(16)17-13(3,4)5/h9-11,14H,6-8H2,1-5H3,(H,15,16)/t10-,11+/m1/s1. The van der Waals surface area contributed by atoms with E-state index in [9.17, 15) is 4.79 Å². The van der Waals surface area contributed by atoms with Gasteiger partial charge in [0, 0.05) is 18.6 Å². The molecular formula is C13H26N2O2. The molecule has 1 rings (SSSR count). The van der Waals surface area contributed by atoms with Crippen LogP contribution in [0, 0.1) is 5.92 Å². The third kappa shape index (κ3) is 5.39. The van der Waals surface area contributed by atoms with Gasteiger partial charge in [-0.15, -0.1) is 0 Å². The molecule has 0 aliphatic heterocycles. The molecule has 0 saturated heterocycles. The van der Waals surface area contributed by atoms with Crippen molar-refractivity contribution in [3.63, 3.8) is 0 Å². The molecule has 0 aromatic rings. The maximum atomic E-state index is 11.6. The van der Waals surface area contributed by atoms with Gasteiger partial charge in [0.15, 0.2) is 0 Å². The van der Waals surface area contributed by atoms with Crippen LogP contribution in [0.5, 0.6) is 0 Å². The first-order valence-corrected chi connectivity index (χ1v) is 6.51. The van der Waals surface area contributed by atoms with Crippen LogP contribution < -0.4 is 10.6 Å². The van der Waals surface area contributed by atoms with Crippen LogP contribution in [0.2, 0.25) is 0 Å². The molecule has 4 heteroatoms. The summed E-state index contributed by atoms with van der Waals surface area (Å²) >= 11 is 0. The Balaban J connectivity index is 2.25. The number of amides is 1. The second-order valence-corrected chi connectivity index (χ2v) is 6.15. The Bertz CT molecular complexity index is 259. The van der Waals surface area contributed by atoms with Crippen molar-refractivity contribution in [3.05, 3.63) is 0 Å². The largest absolute Gasteiger partial charge is 0.444 e. The lowest BCUT2D eigenvalue weighted by atomic mass is 9.79. The molecule has 0 aromatic carbocycles. The molecule has 17 heavy (non-hydrogen) atoms. The molecular weight excluding hydrogens is 216 g/mol. The normalized spacial score (nSPS) is 24.4. The molecule has 2 N–H and O–H groups in total. The van der Waals surface area contributed by atoms with Crippen molar-refractivity contribution in [2.24, 2.45) is 5.92 Å². The van der Waals surface area contributed by atoms with Crippen LogP contribution >= 0.6 is 0 Å². The van der Waals surface area contributed by atoms with Crippen molar-refractivity contribution < 1.29 is 9.53 Å². The van der Waals surface area contributed by atoms with Crippen molar-refractivity contribution in [1.29, 1.82) is 0 Å². The number of alkyl carbamates (subject to hydrolysis) is 1. The van der Waals surface area contributed by atoms with E-state index in [1.807, 2.05) is 20.8 Å². The lowest BCUT2D eigenvalue weighted by Crippen LogP contribution is -2.51. The quantitative estimate of drug-likeness (QED) is 0.795. The van der Waals surface area contributed by atoms with E-state index >= 15 is 0 Å². The summed E-state index contributed by atoms with van der Waals surface area (Å²) in [7, 11) is 0. The molecule has 1 saturated carbocycles. The molecule has 0 radical (unpaired) electrons. The highest BCUT2D eigenvalue weighted by Crippen LogP contribution is 2.27. The molecule has 1 aliphatic rings. The van der Waals surface area contributed by atoms with E-state index in [4.69, 9.17) is 4.74 Å². The molecule has 100 valence electrons. The Morgan fingerprint density at radius 2 is 2.00 bits per heavy atom. The molecule has 1 aliphatic carbocycles. The minimum Gasteiger partial charge on any atom is -0.444 e. The van der Waals surface area contributed by atoms with Gasteiger partial charge >= 0.3 is 6.09 Å². The summed E-state index contributed by atoms with van der Waals surface area (Å²) < 4.78 is 5.25. The van der Waals surface area contributed by atoms with Crippen molar-refractivity contribution >= 4 is 6.09 Å². The van der Waals surface area contributed by atoms with Gasteiger partial charge in [0.2, 0.25) is 0 Å². The van der Waals surface area contributed by atoms with E-state index in [2.05, 4.69) is 24.5 Å². The van der Waals surface area contributed by atoms with E-state index in [1.165, 1.54) is 6.42 Å². The first kappa shape index (κ1) is 14.3. The van der Waals surface area contributed by atoms with Crippen LogP contribution in [-0.4, -0.2) is 30.3 Å². The molecule has 2 atom stereocenters. The van der Waals surface area contributed by atoms with Crippen LogP contribution in [0.15, 0.2) is 0 Å². The number of carbonyl (C=O) groups is 1. The molecule has 0 aromatic heterocycles. The summed E-state index contributed by atoms with van der Waals surface area (Å²) in [6.45, 7) is 10.9. The maximum absolute atomic E-state index is 11.6. The molecule has 1 amide bonds. The molecule has 0 unspecified atom stereocenters. The number of nitrogens with one attached hydrogen (secondary N) is 2. The summed E-state index contributed by atoms with van der Waals surface area (Å²) in [5.74, 6) is 0.546. The average molecular weight is 242 g/mol. The van der Waals surface area contributed by atoms with E-state index in [0.29, 0.717) is 12.0 Å². The number of hydrogen-bond donors (Lipinski definition) is 2. The highest BCUT2D eigenvalue weighted by molar-refractivity contribution is 5.68. The fourth-order valence-electron chi connectivity index (χ4n) is 1.85. The predicted octanol–water partition coefficient (Wildman–Crippen LogP) is 2.29. The molecule has 0 spiro atoms. The van der Waals surface area contributed by atoms with E-state index in [-0.39, 0.29) is 12.1 Å². The molecule has 0 heterocycles. The highest BCUT2D eigenvalue weighted by atomic mass is 16.6. The van der Waals surface area contributed by atoms with Gasteiger partial charge in [0.1, 0.15) is 5.60 Å². The van der Waals surface area contributed by atoms with Crippen molar-refractivity contribution in [2.45, 2.75) is 65.1 Å². The zero-order valence-electron chi connectivity index (χ0n) is 11.7. The van der Waals surface area contributed by atoms with Gasteiger partial charge in [0.05, 0.1) is 0 Å². The first-order chi connectivity index (χ1) is 7.78. The zero-order chi connectivity index (χ0) is 13.1. The Morgan fingerprint density at radius 1 is 1.35 bits per heavy atom. The third-order valence-corrected chi connectivity index (χ3v) is 2.91. The summed E-state index contributed by atoms with van der Waals surface area (Å²) in [5.41, 5.74) is -0.417. The van der Waals surface area contributed by atoms with Crippen LogP contribution in [0.3, 0.4) is 0 Å². The van der Waals surface area contributed by atoms with E-state index in [0.717, 1.165) is 13.0 Å². The van der Waals surface area contributed by atoms with E-state index in [1.54, 1.807) is 0 Å². The second-order valence-electron chi connectivity index (χ2n) is 6.15. The van der Waals surface area contributed by atoms with Gasteiger partial charge in [0.25, 0.3) is 0 Å². The molecule has 0 bridgehead atoms. The third-order valence-electron chi connectivity index (χ3n) is 2.91. The molecule has 1 fully saturated rings. The summed E-state index contributed by atoms with van der Waals surface area (Å²) in [6, 6.07) is 0.772. The predicted molar refractivity (Wildman–Crippen MR) is 69.0 cm³/mol. The SMILES string of the molecule is CC(C)NC[C@H]1CC[C@@H]1NC(=O)OC(C)(C)C. The Labute approximate surface area is 104 Å². The van der Waals surface area contributed by atoms with Crippen LogP contribution in [0.1, 0.15) is 47.5 Å². The highest BCUT2D eigenvalue weighted by Gasteiger charge is 2.32. The second kappa shape index (κ2) is 5.71. The maximum Gasteiger partial charge on any atom is 0.407 e. The zero-order valence-corrected chi connectivity index (χ0v) is 11.7. The van der Waals surface area contributed by atoms with Gasteiger partial charge in [-0.3, -0.25) is 0 Å². The number of hydrogen-bond acceptors (Lipinski definition) is 3. The van der Waals surface area contributed by atoms with Crippen LogP contribution in [0.25, 0.3) is 0 Å². The van der Waals surface area contributed by atoms with Gasteiger partial charge in [-0.2, -0.15) is 0 Å². The van der Waals surface area contributed by atoms with Crippen molar-refractivity contribution in [1.82, 2.24) is 10.6 Å².